The maximum atomic E-state index is 9.18. The standard InChI is InChI=1S/C25H22N4O3S/c1-30-21-10-8-20(9-11-21)29-24(19-7-12-22(31-2)23(14-19)32-3)27-28-25(29)33-16-18-6-4-5-17(13-18)15-26/h4-14H,16H2,1-3H3. The van der Waals surface area contributed by atoms with Gasteiger partial charge in [-0.2, -0.15) is 5.26 Å². The van der Waals surface area contributed by atoms with Crippen LogP contribution in [0.2, 0.25) is 0 Å². The largest absolute Gasteiger partial charge is 0.497 e. The number of aromatic nitrogens is 3. The summed E-state index contributed by atoms with van der Waals surface area (Å²) in [5.74, 6) is 3.34. The lowest BCUT2D eigenvalue weighted by Gasteiger charge is -2.13. The minimum Gasteiger partial charge on any atom is -0.497 e. The van der Waals surface area contributed by atoms with Gasteiger partial charge in [0.25, 0.3) is 0 Å². The first-order valence-electron chi connectivity index (χ1n) is 10.1. The molecule has 0 atom stereocenters. The molecule has 0 aliphatic carbocycles. The number of hydrogen-bond donors (Lipinski definition) is 0. The van der Waals surface area contributed by atoms with Crippen molar-refractivity contribution >= 4 is 11.8 Å². The Balaban J connectivity index is 1.75. The van der Waals surface area contributed by atoms with Gasteiger partial charge >= 0.3 is 0 Å². The number of benzene rings is 3. The Morgan fingerprint density at radius 2 is 1.67 bits per heavy atom. The molecule has 166 valence electrons. The lowest BCUT2D eigenvalue weighted by molar-refractivity contribution is 0.355. The highest BCUT2D eigenvalue weighted by Crippen LogP contribution is 2.35. The average molecular weight is 459 g/mol. The van der Waals surface area contributed by atoms with E-state index < -0.39 is 0 Å². The fraction of sp³-hybridized carbons (Fsp3) is 0.160. The van der Waals surface area contributed by atoms with E-state index in [0.717, 1.165) is 27.7 Å². The molecule has 1 heterocycles. The van der Waals surface area contributed by atoms with Gasteiger partial charge in [0.1, 0.15) is 5.75 Å². The Hall–Kier alpha value is -3.96. The molecule has 0 aliphatic rings. The molecule has 3 aromatic carbocycles. The third-order valence-corrected chi connectivity index (χ3v) is 6.03. The molecule has 4 rings (SSSR count). The van der Waals surface area contributed by atoms with Gasteiger partial charge in [-0.1, -0.05) is 23.9 Å². The van der Waals surface area contributed by atoms with Crippen LogP contribution >= 0.6 is 11.8 Å². The van der Waals surface area contributed by atoms with Crippen molar-refractivity contribution in [2.75, 3.05) is 21.3 Å². The molecule has 0 saturated carbocycles. The zero-order valence-electron chi connectivity index (χ0n) is 18.5. The molecule has 0 saturated heterocycles. The van der Waals surface area contributed by atoms with Crippen LogP contribution < -0.4 is 14.2 Å². The highest BCUT2D eigenvalue weighted by atomic mass is 32.2. The summed E-state index contributed by atoms with van der Waals surface area (Å²) >= 11 is 1.55. The predicted octanol–water partition coefficient (Wildman–Crippen LogP) is 5.12. The Morgan fingerprint density at radius 1 is 0.879 bits per heavy atom. The van der Waals surface area contributed by atoms with E-state index in [1.54, 1.807) is 39.2 Å². The van der Waals surface area contributed by atoms with Gasteiger partial charge in [0.2, 0.25) is 0 Å². The number of methoxy groups -OCH3 is 3. The van der Waals surface area contributed by atoms with Crippen LogP contribution in [0, 0.1) is 11.3 Å². The van der Waals surface area contributed by atoms with E-state index in [2.05, 4.69) is 16.3 Å². The van der Waals surface area contributed by atoms with Crippen LogP contribution in [-0.2, 0) is 5.75 Å². The summed E-state index contributed by atoms with van der Waals surface area (Å²) in [5, 5.41) is 18.9. The van der Waals surface area contributed by atoms with Gasteiger partial charge in [0.05, 0.1) is 33.0 Å². The van der Waals surface area contributed by atoms with Crippen molar-refractivity contribution in [3.63, 3.8) is 0 Å². The molecule has 0 bridgehead atoms. The highest BCUT2D eigenvalue weighted by molar-refractivity contribution is 7.98. The Labute approximate surface area is 196 Å². The van der Waals surface area contributed by atoms with Gasteiger partial charge in [-0.15, -0.1) is 10.2 Å². The van der Waals surface area contributed by atoms with Crippen molar-refractivity contribution in [1.29, 1.82) is 5.26 Å². The first kappa shape index (κ1) is 22.2. The van der Waals surface area contributed by atoms with Crippen molar-refractivity contribution in [2.45, 2.75) is 10.9 Å². The second kappa shape index (κ2) is 10.1. The molecule has 1 aromatic heterocycles. The van der Waals surface area contributed by atoms with E-state index in [4.69, 9.17) is 14.2 Å². The summed E-state index contributed by atoms with van der Waals surface area (Å²) < 4.78 is 18.2. The average Bonchev–Trinajstić information content (AvgIpc) is 3.31. The summed E-state index contributed by atoms with van der Waals surface area (Å²) in [6, 6.07) is 23.1. The zero-order chi connectivity index (χ0) is 23.2. The third-order valence-electron chi connectivity index (χ3n) is 5.03. The molecular weight excluding hydrogens is 436 g/mol. The van der Waals surface area contributed by atoms with Crippen LogP contribution in [0.25, 0.3) is 17.1 Å². The Kier molecular flexibility index (Phi) is 6.81. The topological polar surface area (TPSA) is 82.2 Å². The third kappa shape index (κ3) is 4.78. The fourth-order valence-corrected chi connectivity index (χ4v) is 4.26. The monoisotopic (exact) mass is 458 g/mol. The van der Waals surface area contributed by atoms with Crippen molar-refractivity contribution < 1.29 is 14.2 Å². The number of rotatable bonds is 8. The number of nitriles is 1. The summed E-state index contributed by atoms with van der Waals surface area (Å²) in [5.41, 5.74) is 3.42. The maximum absolute atomic E-state index is 9.18. The molecule has 7 nitrogen and oxygen atoms in total. The maximum Gasteiger partial charge on any atom is 0.196 e. The normalized spacial score (nSPS) is 10.5. The van der Waals surface area contributed by atoms with Gasteiger partial charge in [0.15, 0.2) is 22.5 Å². The summed E-state index contributed by atoms with van der Waals surface area (Å²) in [6.45, 7) is 0. The Bertz CT molecular complexity index is 1300. The SMILES string of the molecule is COc1ccc(-n2c(SCc3cccc(C#N)c3)nnc2-c2ccc(OC)c(OC)c2)cc1. The van der Waals surface area contributed by atoms with Gasteiger partial charge < -0.3 is 14.2 Å². The van der Waals surface area contributed by atoms with Crippen LogP contribution in [-0.4, -0.2) is 36.1 Å². The number of ether oxygens (including phenoxy) is 3. The van der Waals surface area contributed by atoms with E-state index in [-0.39, 0.29) is 0 Å². The van der Waals surface area contributed by atoms with Gasteiger partial charge in [-0.05, 0) is 60.2 Å². The molecule has 0 unspecified atom stereocenters. The van der Waals surface area contributed by atoms with Crippen LogP contribution in [0.1, 0.15) is 11.1 Å². The molecule has 0 N–H and O–H groups in total. The fourth-order valence-electron chi connectivity index (χ4n) is 3.37. The van der Waals surface area contributed by atoms with Crippen molar-refractivity contribution in [2.24, 2.45) is 0 Å². The van der Waals surface area contributed by atoms with Crippen molar-refractivity contribution in [3.8, 4) is 40.4 Å². The molecule has 0 spiro atoms. The number of nitrogens with zero attached hydrogens (tertiary/aromatic N) is 4. The molecule has 0 aliphatic heterocycles. The smallest absolute Gasteiger partial charge is 0.196 e. The van der Waals surface area contributed by atoms with E-state index in [1.807, 2.05) is 65.2 Å². The van der Waals surface area contributed by atoms with Gasteiger partial charge in [0, 0.05) is 17.0 Å². The second-order valence-electron chi connectivity index (χ2n) is 7.01. The zero-order valence-corrected chi connectivity index (χ0v) is 19.3. The van der Waals surface area contributed by atoms with E-state index in [1.165, 1.54) is 0 Å². The van der Waals surface area contributed by atoms with E-state index in [0.29, 0.717) is 28.6 Å². The molecule has 8 heteroatoms. The lowest BCUT2D eigenvalue weighted by atomic mass is 10.2. The molecule has 33 heavy (non-hydrogen) atoms. The molecule has 0 radical (unpaired) electrons. The number of hydrogen-bond acceptors (Lipinski definition) is 7. The minimum absolute atomic E-state index is 0.613. The number of thioether (sulfide) groups is 1. The molecular formula is C25H22N4O3S. The minimum atomic E-state index is 0.613. The van der Waals surface area contributed by atoms with Crippen LogP contribution in [0.4, 0.5) is 0 Å². The molecule has 4 aromatic rings. The first-order chi connectivity index (χ1) is 16.2. The van der Waals surface area contributed by atoms with Crippen LogP contribution in [0.15, 0.2) is 71.9 Å². The summed E-state index contributed by atoms with van der Waals surface area (Å²) in [6.07, 6.45) is 0. The van der Waals surface area contributed by atoms with Crippen LogP contribution in [0.5, 0.6) is 17.2 Å². The molecule has 0 amide bonds. The quantitative estimate of drug-likeness (QED) is 0.339. The Morgan fingerprint density at radius 3 is 2.36 bits per heavy atom. The second-order valence-corrected chi connectivity index (χ2v) is 7.95. The van der Waals surface area contributed by atoms with Crippen molar-refractivity contribution in [1.82, 2.24) is 14.8 Å². The van der Waals surface area contributed by atoms with Crippen LogP contribution in [0.3, 0.4) is 0 Å². The summed E-state index contributed by atoms with van der Waals surface area (Å²) in [7, 11) is 4.85. The lowest BCUT2D eigenvalue weighted by Crippen LogP contribution is -2.00. The van der Waals surface area contributed by atoms with E-state index >= 15 is 0 Å². The van der Waals surface area contributed by atoms with Crippen molar-refractivity contribution in [3.05, 3.63) is 77.9 Å². The summed E-state index contributed by atoms with van der Waals surface area (Å²) in [4.78, 5) is 0. The van der Waals surface area contributed by atoms with Gasteiger partial charge in [-0.25, -0.2) is 0 Å². The highest BCUT2D eigenvalue weighted by Gasteiger charge is 2.18. The van der Waals surface area contributed by atoms with E-state index in [9.17, 15) is 5.26 Å². The van der Waals surface area contributed by atoms with Gasteiger partial charge in [-0.3, -0.25) is 4.57 Å². The molecule has 0 fully saturated rings. The first-order valence-corrected chi connectivity index (χ1v) is 11.1. The predicted molar refractivity (Wildman–Crippen MR) is 127 cm³/mol.